The number of rotatable bonds is 6. The molecule has 6 heterocycles. The summed E-state index contributed by atoms with van der Waals surface area (Å²) in [5, 5.41) is 8.27. The number of aromatic nitrogens is 8. The van der Waals surface area contributed by atoms with Crippen molar-refractivity contribution in [2.45, 2.75) is 48.3 Å². The van der Waals surface area contributed by atoms with E-state index < -0.39 is 73.5 Å². The van der Waals surface area contributed by atoms with Crippen molar-refractivity contribution >= 4 is 43.4 Å². The molecule has 24 heteroatoms. The van der Waals surface area contributed by atoms with Crippen LogP contribution >= 0.6 is 11.8 Å². The first kappa shape index (κ1) is 40.2. The molecule has 0 spiro atoms. The van der Waals surface area contributed by atoms with Crippen LogP contribution < -0.4 is 0 Å². The maximum atomic E-state index is 12.9. The molecule has 0 unspecified atom stereocenters. The molecular formula is C30H20F12N8O2S2. The Labute approximate surface area is 299 Å². The number of sulfone groups is 1. The van der Waals surface area contributed by atoms with Gasteiger partial charge in [0.2, 0.25) is 0 Å². The Morgan fingerprint density at radius 2 is 1.04 bits per heavy atom. The first-order chi connectivity index (χ1) is 24.9. The fraction of sp³-hybridized carbons (Fsp3) is 0.267. The first-order valence-electron chi connectivity index (χ1n) is 14.8. The molecule has 10 nitrogen and oxygen atoms in total. The van der Waals surface area contributed by atoms with Crippen LogP contribution in [0.3, 0.4) is 0 Å². The van der Waals surface area contributed by atoms with E-state index in [2.05, 4.69) is 30.1 Å². The highest BCUT2D eigenvalue weighted by Crippen LogP contribution is 2.36. The van der Waals surface area contributed by atoms with Gasteiger partial charge < -0.3 is 0 Å². The van der Waals surface area contributed by atoms with Gasteiger partial charge >= 0.3 is 24.7 Å². The van der Waals surface area contributed by atoms with Gasteiger partial charge in [-0.25, -0.2) is 27.7 Å². The number of pyridine rings is 4. The summed E-state index contributed by atoms with van der Waals surface area (Å²) >= 11 is 1.13. The molecule has 6 aromatic heterocycles. The van der Waals surface area contributed by atoms with E-state index in [1.807, 2.05) is 0 Å². The Morgan fingerprint density at radius 1 is 0.593 bits per heavy atom. The fourth-order valence-electron chi connectivity index (χ4n) is 4.54. The molecule has 0 aromatic carbocycles. The first-order valence-corrected chi connectivity index (χ1v) is 17.4. The third-order valence-corrected chi connectivity index (χ3v) is 9.76. The van der Waals surface area contributed by atoms with Crippen molar-refractivity contribution in [2.75, 3.05) is 11.5 Å². The lowest BCUT2D eigenvalue weighted by Crippen LogP contribution is -2.15. The normalized spacial score (nSPS) is 13.0. The molecule has 0 N–H and O–H groups in total. The lowest BCUT2D eigenvalue weighted by atomic mass is 10.2. The topological polar surface area (TPSA) is 121 Å². The van der Waals surface area contributed by atoms with E-state index in [1.54, 1.807) is 6.92 Å². The minimum Gasteiger partial charge on any atom is -0.251 e. The van der Waals surface area contributed by atoms with Crippen molar-refractivity contribution < 1.29 is 61.1 Å². The third kappa shape index (κ3) is 8.69. The Balaban J connectivity index is 0.000000208. The van der Waals surface area contributed by atoms with Crippen molar-refractivity contribution in [3.8, 4) is 11.6 Å². The summed E-state index contributed by atoms with van der Waals surface area (Å²) in [5.74, 6) is -0.380. The van der Waals surface area contributed by atoms with E-state index in [0.29, 0.717) is 35.7 Å². The van der Waals surface area contributed by atoms with Gasteiger partial charge in [0.1, 0.15) is 16.3 Å². The van der Waals surface area contributed by atoms with Crippen molar-refractivity contribution in [3.63, 3.8) is 0 Å². The van der Waals surface area contributed by atoms with Gasteiger partial charge in [-0.15, -0.1) is 11.8 Å². The smallest absolute Gasteiger partial charge is 0.251 e. The summed E-state index contributed by atoms with van der Waals surface area (Å²) in [6, 6.07) is 2.79. The Kier molecular flexibility index (Phi) is 10.7. The zero-order valence-corrected chi connectivity index (χ0v) is 28.6. The summed E-state index contributed by atoms with van der Waals surface area (Å²) in [6.45, 7) is 2.99. The molecule has 0 aliphatic heterocycles. The summed E-state index contributed by atoms with van der Waals surface area (Å²) in [6.07, 6.45) is -13.2. The van der Waals surface area contributed by atoms with Crippen LogP contribution in [0.4, 0.5) is 52.7 Å². The molecule has 0 fully saturated rings. The average molecular weight is 817 g/mol. The summed E-state index contributed by atoms with van der Waals surface area (Å²) in [7, 11) is -4.15. The lowest BCUT2D eigenvalue weighted by Gasteiger charge is -2.12. The van der Waals surface area contributed by atoms with Gasteiger partial charge in [-0.3, -0.25) is 9.97 Å². The van der Waals surface area contributed by atoms with Crippen molar-refractivity contribution in [3.05, 3.63) is 84.0 Å². The highest BCUT2D eigenvalue weighted by atomic mass is 32.2. The predicted octanol–water partition coefficient (Wildman–Crippen LogP) is 8.61. The fourth-order valence-corrected chi connectivity index (χ4v) is 6.38. The maximum Gasteiger partial charge on any atom is 0.433 e. The van der Waals surface area contributed by atoms with Gasteiger partial charge in [0.15, 0.2) is 21.5 Å². The van der Waals surface area contributed by atoms with Gasteiger partial charge in [-0.1, -0.05) is 13.8 Å². The molecule has 0 radical (unpaired) electrons. The second-order valence-electron chi connectivity index (χ2n) is 10.8. The SMILES string of the molecule is CCS(=O)(=O)c1cc(C(F)(F)F)cnc1-n1cc2cnc(C(F)(F)F)cc2n1.CCSc1cc(C(F)(F)F)cnc1-n1cc2cnc(C(F)(F)F)cc2n1. The average Bonchev–Trinajstić information content (AvgIpc) is 3.70. The molecule has 0 atom stereocenters. The van der Waals surface area contributed by atoms with Crippen molar-refractivity contribution in [1.82, 2.24) is 39.5 Å². The van der Waals surface area contributed by atoms with Gasteiger partial charge in [0, 0.05) is 48.0 Å². The third-order valence-electron chi connectivity index (χ3n) is 7.13. The van der Waals surface area contributed by atoms with Gasteiger partial charge in [0.25, 0.3) is 0 Å². The van der Waals surface area contributed by atoms with Crippen LogP contribution in [0.2, 0.25) is 0 Å². The van der Waals surface area contributed by atoms with Crippen LogP contribution in [0.15, 0.2) is 71.2 Å². The van der Waals surface area contributed by atoms with Crippen LogP contribution in [0, 0.1) is 0 Å². The number of nitrogens with zero attached hydrogens (tertiary/aromatic N) is 8. The molecule has 0 amide bonds. The summed E-state index contributed by atoms with van der Waals surface area (Å²) in [5.41, 5.74) is -4.66. The molecule has 0 aliphatic rings. The van der Waals surface area contributed by atoms with Gasteiger partial charge in [-0.05, 0) is 30.0 Å². The largest absolute Gasteiger partial charge is 0.433 e. The Hall–Kier alpha value is -5.00. The standard InChI is InChI=1S/C15H10F6N4O2S.C15H10F6N4S/c1-2-28(26,27)11-3-9(14(16,17)18)6-23-13(11)25-7-8-5-22-12(15(19,20)21)4-10(8)24-25;1-2-26-11-3-9(14(16,17)18)6-23-13(11)25-7-8-5-22-12(15(19,20)21)4-10(8)24-25/h3-7H,2H2,1H3;3-7H,2H2,1H3. The minimum absolute atomic E-state index is 0.0153. The zero-order chi connectivity index (χ0) is 40.0. The van der Waals surface area contributed by atoms with E-state index in [4.69, 9.17) is 0 Å². The number of hydrogen-bond acceptors (Lipinski definition) is 9. The van der Waals surface area contributed by atoms with E-state index >= 15 is 0 Å². The minimum atomic E-state index is -4.83. The molecule has 0 saturated heterocycles. The van der Waals surface area contributed by atoms with E-state index in [-0.39, 0.29) is 27.1 Å². The van der Waals surface area contributed by atoms with Crippen molar-refractivity contribution in [2.24, 2.45) is 0 Å². The van der Waals surface area contributed by atoms with Crippen LogP contribution in [-0.2, 0) is 34.5 Å². The highest BCUT2D eigenvalue weighted by molar-refractivity contribution is 7.99. The molecule has 288 valence electrons. The van der Waals surface area contributed by atoms with Crippen LogP contribution in [0.25, 0.3) is 33.4 Å². The summed E-state index contributed by atoms with van der Waals surface area (Å²) < 4.78 is 181. The monoisotopic (exact) mass is 816 g/mol. The second kappa shape index (κ2) is 14.3. The Morgan fingerprint density at radius 3 is 1.46 bits per heavy atom. The molecule has 6 rings (SSSR count). The zero-order valence-electron chi connectivity index (χ0n) is 26.9. The molecule has 54 heavy (non-hydrogen) atoms. The maximum absolute atomic E-state index is 12.9. The van der Waals surface area contributed by atoms with Crippen LogP contribution in [0.1, 0.15) is 36.4 Å². The number of thioether (sulfide) groups is 1. The van der Waals surface area contributed by atoms with Crippen molar-refractivity contribution in [1.29, 1.82) is 0 Å². The van der Waals surface area contributed by atoms with Gasteiger partial charge in [-0.2, -0.15) is 62.9 Å². The molecule has 0 saturated carbocycles. The van der Waals surface area contributed by atoms with Crippen LogP contribution in [-0.4, -0.2) is 59.4 Å². The molecule has 0 aliphatic carbocycles. The molecular weight excluding hydrogens is 796 g/mol. The summed E-state index contributed by atoms with van der Waals surface area (Å²) in [4.78, 5) is 13.4. The Bertz CT molecular complexity index is 2440. The molecule has 0 bridgehead atoms. The second-order valence-corrected chi connectivity index (χ2v) is 14.4. The molecule has 6 aromatic rings. The number of alkyl halides is 12. The van der Waals surface area contributed by atoms with Gasteiger partial charge in [0.05, 0.1) is 32.8 Å². The van der Waals surface area contributed by atoms with E-state index in [0.717, 1.165) is 51.8 Å². The van der Waals surface area contributed by atoms with Crippen LogP contribution in [0.5, 0.6) is 0 Å². The number of hydrogen-bond donors (Lipinski definition) is 0. The van der Waals surface area contributed by atoms with E-state index in [9.17, 15) is 61.1 Å². The number of fused-ring (bicyclic) bond motifs is 2. The van der Waals surface area contributed by atoms with E-state index in [1.165, 1.54) is 13.1 Å². The predicted molar refractivity (Wildman–Crippen MR) is 167 cm³/mol. The number of halogens is 12. The quantitative estimate of drug-likeness (QED) is 0.120. The lowest BCUT2D eigenvalue weighted by molar-refractivity contribution is -0.141. The highest BCUT2D eigenvalue weighted by Gasteiger charge is 2.36.